The molecule has 2 N–H and O–H groups in total. The van der Waals surface area contributed by atoms with E-state index in [0.717, 1.165) is 0 Å². The Hall–Kier alpha value is -2.59. The molecule has 7 nitrogen and oxygen atoms in total. The molecule has 0 atom stereocenters. The molecule has 0 unspecified atom stereocenters. The lowest BCUT2D eigenvalue weighted by Crippen LogP contribution is -2.20. The van der Waals surface area contributed by atoms with Crippen molar-refractivity contribution in [2.75, 3.05) is 25.1 Å². The van der Waals surface area contributed by atoms with Crippen LogP contribution in [0.15, 0.2) is 24.3 Å². The average molecular weight is 264 g/mol. The number of rotatable bonds is 7. The van der Waals surface area contributed by atoms with E-state index < -0.39 is 18.5 Å². The molecule has 0 radical (unpaired) electrons. The Bertz CT molecular complexity index is 478. The number of carboxylic acid groups (broad SMARTS) is 1. The average Bonchev–Trinajstić information content (AvgIpc) is 2.37. The van der Waals surface area contributed by atoms with Crippen molar-refractivity contribution in [3.05, 3.63) is 24.3 Å². The Morgan fingerprint density at radius 1 is 1.26 bits per heavy atom. The minimum absolute atomic E-state index is 0.0469. The van der Waals surface area contributed by atoms with Gasteiger partial charge in [-0.05, 0) is 24.3 Å². The second-order valence-corrected chi connectivity index (χ2v) is 3.41. The quantitative estimate of drug-likeness (QED) is 0.747. The first kappa shape index (κ1) is 14.5. The zero-order valence-corrected chi connectivity index (χ0v) is 9.96. The van der Waals surface area contributed by atoms with E-state index in [1.54, 1.807) is 24.3 Å². The topological polar surface area (TPSA) is 109 Å². The van der Waals surface area contributed by atoms with Gasteiger partial charge in [0.2, 0.25) is 5.91 Å². The summed E-state index contributed by atoms with van der Waals surface area (Å²) in [6.45, 7) is -0.901. The van der Waals surface area contributed by atoms with E-state index in [4.69, 9.17) is 15.1 Å². The number of nitrogens with one attached hydrogen (secondary N) is 1. The summed E-state index contributed by atoms with van der Waals surface area (Å²) in [4.78, 5) is 21.5. The highest BCUT2D eigenvalue weighted by Crippen LogP contribution is 2.15. The molecule has 0 aromatic heterocycles. The minimum atomic E-state index is -1.13. The molecule has 1 aromatic carbocycles. The Labute approximate surface area is 109 Å². The number of carbonyl (C=O) groups excluding carboxylic acids is 1. The highest BCUT2D eigenvalue weighted by atomic mass is 16.5. The highest BCUT2D eigenvalue weighted by molar-refractivity contribution is 5.91. The van der Waals surface area contributed by atoms with Gasteiger partial charge in [0.25, 0.3) is 0 Å². The predicted octanol–water partition coefficient (Wildman–Crippen LogP) is 0.629. The molecule has 0 bridgehead atoms. The first-order valence-electron chi connectivity index (χ1n) is 5.31. The van der Waals surface area contributed by atoms with Gasteiger partial charge in [-0.25, -0.2) is 4.79 Å². The number of amides is 1. The number of carboxylic acids is 1. The van der Waals surface area contributed by atoms with Crippen molar-refractivity contribution in [3.63, 3.8) is 0 Å². The van der Waals surface area contributed by atoms with Crippen molar-refractivity contribution in [1.29, 1.82) is 5.26 Å². The molecule has 0 fully saturated rings. The molecular formula is C12H12N2O5. The van der Waals surface area contributed by atoms with Gasteiger partial charge in [-0.3, -0.25) is 4.79 Å². The van der Waals surface area contributed by atoms with E-state index in [9.17, 15) is 9.59 Å². The SMILES string of the molecule is N#CCOc1ccc(NC(=O)COCC(=O)O)cc1. The lowest BCUT2D eigenvalue weighted by Gasteiger charge is -2.06. The zero-order chi connectivity index (χ0) is 14.1. The van der Waals surface area contributed by atoms with Crippen LogP contribution in [0.5, 0.6) is 5.75 Å². The maximum Gasteiger partial charge on any atom is 0.329 e. The molecule has 0 saturated carbocycles. The molecule has 0 saturated heterocycles. The third-order valence-electron chi connectivity index (χ3n) is 1.90. The number of ether oxygens (including phenoxy) is 2. The van der Waals surface area contributed by atoms with Crippen molar-refractivity contribution in [3.8, 4) is 11.8 Å². The van der Waals surface area contributed by atoms with Gasteiger partial charge in [-0.2, -0.15) is 5.26 Å². The van der Waals surface area contributed by atoms with E-state index in [-0.39, 0.29) is 13.2 Å². The van der Waals surface area contributed by atoms with Crippen LogP contribution in [-0.2, 0) is 14.3 Å². The predicted molar refractivity (Wildman–Crippen MR) is 64.6 cm³/mol. The summed E-state index contributed by atoms with van der Waals surface area (Å²) in [5.41, 5.74) is 0.522. The van der Waals surface area contributed by atoms with Gasteiger partial charge < -0.3 is 19.9 Å². The van der Waals surface area contributed by atoms with Crippen LogP contribution in [0.2, 0.25) is 0 Å². The van der Waals surface area contributed by atoms with Crippen LogP contribution < -0.4 is 10.1 Å². The third-order valence-corrected chi connectivity index (χ3v) is 1.90. The molecule has 7 heteroatoms. The summed E-state index contributed by atoms with van der Waals surface area (Å²) in [5, 5.41) is 19.2. The third kappa shape index (κ3) is 6.05. The summed E-state index contributed by atoms with van der Waals surface area (Å²) in [6.07, 6.45) is 0. The maximum absolute atomic E-state index is 11.3. The van der Waals surface area contributed by atoms with Gasteiger partial charge in [-0.15, -0.1) is 0 Å². The summed E-state index contributed by atoms with van der Waals surface area (Å²) in [6, 6.07) is 8.24. The number of hydrogen-bond donors (Lipinski definition) is 2. The van der Waals surface area contributed by atoms with Crippen LogP contribution in [0, 0.1) is 11.3 Å². The fraction of sp³-hybridized carbons (Fsp3) is 0.250. The van der Waals surface area contributed by atoms with Crippen molar-refractivity contribution < 1.29 is 24.2 Å². The van der Waals surface area contributed by atoms with Crippen LogP contribution in [0.4, 0.5) is 5.69 Å². The van der Waals surface area contributed by atoms with Crippen molar-refractivity contribution in [1.82, 2.24) is 0 Å². The lowest BCUT2D eigenvalue weighted by atomic mass is 10.3. The summed E-state index contributed by atoms with van der Waals surface area (Å²) in [7, 11) is 0. The van der Waals surface area contributed by atoms with Crippen LogP contribution in [0.25, 0.3) is 0 Å². The van der Waals surface area contributed by atoms with Crippen molar-refractivity contribution >= 4 is 17.6 Å². The lowest BCUT2D eigenvalue weighted by molar-refractivity contribution is -0.143. The van der Waals surface area contributed by atoms with Gasteiger partial charge in [0.15, 0.2) is 6.61 Å². The number of nitriles is 1. The number of aliphatic carboxylic acids is 1. The smallest absolute Gasteiger partial charge is 0.329 e. The Morgan fingerprint density at radius 2 is 1.95 bits per heavy atom. The van der Waals surface area contributed by atoms with Gasteiger partial charge in [0.1, 0.15) is 25.0 Å². The Morgan fingerprint density at radius 3 is 2.53 bits per heavy atom. The van der Waals surface area contributed by atoms with Crippen LogP contribution >= 0.6 is 0 Å². The van der Waals surface area contributed by atoms with Gasteiger partial charge in [-0.1, -0.05) is 0 Å². The van der Waals surface area contributed by atoms with E-state index >= 15 is 0 Å². The van der Waals surface area contributed by atoms with E-state index in [1.165, 1.54) is 0 Å². The summed E-state index contributed by atoms with van der Waals surface area (Å²) >= 11 is 0. The molecule has 1 amide bonds. The highest BCUT2D eigenvalue weighted by Gasteiger charge is 2.04. The van der Waals surface area contributed by atoms with Crippen molar-refractivity contribution in [2.24, 2.45) is 0 Å². The molecule has 0 heterocycles. The van der Waals surface area contributed by atoms with Crippen molar-refractivity contribution in [2.45, 2.75) is 0 Å². The standard InChI is InChI=1S/C12H12N2O5/c13-5-6-19-10-3-1-9(2-4-10)14-11(15)7-18-8-12(16)17/h1-4H,6-8H2,(H,14,15)(H,16,17). The second kappa shape index (κ2) is 7.68. The molecular weight excluding hydrogens is 252 g/mol. The monoisotopic (exact) mass is 264 g/mol. The fourth-order valence-corrected chi connectivity index (χ4v) is 1.18. The number of anilines is 1. The van der Waals surface area contributed by atoms with E-state index in [2.05, 4.69) is 10.1 Å². The first-order chi connectivity index (χ1) is 9.11. The maximum atomic E-state index is 11.3. The molecule has 100 valence electrons. The first-order valence-corrected chi connectivity index (χ1v) is 5.31. The van der Waals surface area contributed by atoms with E-state index in [0.29, 0.717) is 11.4 Å². The molecule has 0 aliphatic heterocycles. The van der Waals surface area contributed by atoms with Gasteiger partial charge in [0.05, 0.1) is 0 Å². The Balaban J connectivity index is 2.38. The second-order valence-electron chi connectivity index (χ2n) is 3.41. The Kier molecular flexibility index (Phi) is 5.85. The molecule has 0 aliphatic rings. The van der Waals surface area contributed by atoms with Crippen LogP contribution in [0.1, 0.15) is 0 Å². The zero-order valence-electron chi connectivity index (χ0n) is 9.96. The normalized spacial score (nSPS) is 9.42. The van der Waals surface area contributed by atoms with Gasteiger partial charge in [0, 0.05) is 5.69 Å². The number of hydrogen-bond acceptors (Lipinski definition) is 5. The molecule has 0 spiro atoms. The van der Waals surface area contributed by atoms with Gasteiger partial charge >= 0.3 is 5.97 Å². The number of carbonyl (C=O) groups is 2. The largest absolute Gasteiger partial charge is 0.480 e. The minimum Gasteiger partial charge on any atom is -0.480 e. The molecule has 19 heavy (non-hydrogen) atoms. The number of nitrogens with zero attached hydrogens (tertiary/aromatic N) is 1. The van der Waals surface area contributed by atoms with Crippen LogP contribution in [-0.4, -0.2) is 36.8 Å². The molecule has 1 rings (SSSR count). The molecule has 0 aliphatic carbocycles. The molecule has 1 aromatic rings. The summed E-state index contributed by atoms with van der Waals surface area (Å²) in [5.74, 6) is -1.07. The number of benzene rings is 1. The summed E-state index contributed by atoms with van der Waals surface area (Å²) < 4.78 is 9.68. The van der Waals surface area contributed by atoms with E-state index in [1.807, 2.05) is 6.07 Å². The van der Waals surface area contributed by atoms with Crippen LogP contribution in [0.3, 0.4) is 0 Å². The fourth-order valence-electron chi connectivity index (χ4n) is 1.18.